The molecule has 0 fully saturated rings. The molecule has 0 bridgehead atoms. The molecule has 0 aliphatic carbocycles. The van der Waals surface area contributed by atoms with Gasteiger partial charge in [0.1, 0.15) is 0 Å². The maximum Gasteiger partial charge on any atom is 0.299 e. The van der Waals surface area contributed by atoms with Crippen LogP contribution < -0.4 is 11.1 Å². The van der Waals surface area contributed by atoms with Gasteiger partial charge in [0.05, 0.1) is 11.4 Å². The van der Waals surface area contributed by atoms with Gasteiger partial charge in [-0.05, 0) is 56.8 Å². The Morgan fingerprint density at radius 1 is 1.00 bits per heavy atom. The van der Waals surface area contributed by atoms with E-state index in [0.717, 1.165) is 0 Å². The van der Waals surface area contributed by atoms with Gasteiger partial charge in [0.25, 0.3) is 11.1 Å². The van der Waals surface area contributed by atoms with Crippen molar-refractivity contribution in [2.24, 2.45) is 17.3 Å². The van der Waals surface area contributed by atoms with E-state index in [1.807, 2.05) is 20.8 Å². The lowest BCUT2D eigenvalue weighted by molar-refractivity contribution is 0.612. The van der Waals surface area contributed by atoms with E-state index in [1.54, 1.807) is 46.8 Å². The van der Waals surface area contributed by atoms with Crippen LogP contribution in [0.5, 0.6) is 0 Å². The molecular weight excluding hydrogens is 424 g/mol. The van der Waals surface area contributed by atoms with Gasteiger partial charge < -0.3 is 4.57 Å². The largest absolute Gasteiger partial charge is 0.323 e. The second-order valence-electron chi connectivity index (χ2n) is 6.60. The number of rotatable bonds is 6. The first kappa shape index (κ1) is 21.9. The van der Waals surface area contributed by atoms with Crippen molar-refractivity contribution in [1.29, 1.82) is 0 Å². The van der Waals surface area contributed by atoms with E-state index in [2.05, 4.69) is 10.2 Å². The summed E-state index contributed by atoms with van der Waals surface area (Å²) < 4.78 is 6.90. The molecular formula is C20H23ClN6O2S. The van der Waals surface area contributed by atoms with Crippen molar-refractivity contribution in [2.75, 3.05) is 0 Å². The Balaban J connectivity index is 2.17. The van der Waals surface area contributed by atoms with Crippen LogP contribution in [0.3, 0.4) is 0 Å². The third-order valence-corrected chi connectivity index (χ3v) is 5.61. The molecule has 0 saturated carbocycles. The van der Waals surface area contributed by atoms with Crippen LogP contribution in [-0.4, -0.2) is 18.5 Å². The molecule has 0 amide bonds. The minimum Gasteiger partial charge on any atom is -0.323 e. The number of aromatic nitrogens is 4. The van der Waals surface area contributed by atoms with Gasteiger partial charge in [-0.2, -0.15) is 0 Å². The van der Waals surface area contributed by atoms with E-state index in [-0.39, 0.29) is 22.5 Å². The maximum atomic E-state index is 13.1. The zero-order valence-electron chi connectivity index (χ0n) is 17.3. The third kappa shape index (κ3) is 3.82. The monoisotopic (exact) mass is 446 g/mol. The summed E-state index contributed by atoms with van der Waals surface area (Å²) in [6.07, 6.45) is 2.15. The van der Waals surface area contributed by atoms with E-state index in [9.17, 15) is 9.59 Å². The minimum absolute atomic E-state index is 0.135. The van der Waals surface area contributed by atoms with Crippen LogP contribution in [0.25, 0.3) is 5.69 Å². The molecule has 0 unspecified atom stereocenters. The summed E-state index contributed by atoms with van der Waals surface area (Å²) >= 11 is 11.3. The molecule has 0 N–H and O–H groups in total. The Bertz CT molecular complexity index is 1280. The van der Waals surface area contributed by atoms with Crippen LogP contribution >= 0.6 is 23.8 Å². The molecule has 30 heavy (non-hydrogen) atoms. The molecule has 0 atom stereocenters. The van der Waals surface area contributed by atoms with Crippen molar-refractivity contribution in [3.8, 4) is 5.69 Å². The van der Waals surface area contributed by atoms with E-state index in [4.69, 9.17) is 23.8 Å². The van der Waals surface area contributed by atoms with Crippen molar-refractivity contribution >= 4 is 35.2 Å². The van der Waals surface area contributed by atoms with Gasteiger partial charge in [-0.15, -0.1) is 10.2 Å². The molecule has 0 aliphatic heterocycles. The molecule has 3 rings (SSSR count). The lowest BCUT2D eigenvalue weighted by Gasteiger charge is -2.09. The molecule has 8 nitrogen and oxygen atoms in total. The molecule has 1 aromatic carbocycles. The normalized spacial score (nSPS) is 11.5. The predicted molar refractivity (Wildman–Crippen MR) is 120 cm³/mol. The summed E-state index contributed by atoms with van der Waals surface area (Å²) in [5.74, 6) is 0. The Labute approximate surface area is 183 Å². The molecule has 0 saturated heterocycles. The maximum absolute atomic E-state index is 13.1. The molecule has 3 aromatic rings. The fourth-order valence-corrected chi connectivity index (χ4v) is 3.84. The van der Waals surface area contributed by atoms with E-state index >= 15 is 0 Å². The SMILES string of the molecule is CCc1c(N=Nc2cn(CC)c(=S)n(CC)c2=O)c(=O)n(-c2ccc(Cl)cc2)n1C. The number of hydrogen-bond donors (Lipinski definition) is 0. The lowest BCUT2D eigenvalue weighted by atomic mass is 10.3. The minimum atomic E-state index is -0.331. The summed E-state index contributed by atoms with van der Waals surface area (Å²) in [4.78, 5) is 25.8. The predicted octanol–water partition coefficient (Wildman–Crippen LogP) is 4.54. The summed E-state index contributed by atoms with van der Waals surface area (Å²) in [5.41, 5.74) is 1.05. The van der Waals surface area contributed by atoms with Gasteiger partial charge in [-0.25, -0.2) is 4.68 Å². The smallest absolute Gasteiger partial charge is 0.299 e. The van der Waals surface area contributed by atoms with Gasteiger partial charge in [-0.1, -0.05) is 18.5 Å². The fraction of sp³-hybridized carbons (Fsp3) is 0.350. The highest BCUT2D eigenvalue weighted by atomic mass is 35.5. The summed E-state index contributed by atoms with van der Waals surface area (Å²) in [5, 5.41) is 8.92. The zero-order valence-corrected chi connectivity index (χ0v) is 18.9. The van der Waals surface area contributed by atoms with Crippen LogP contribution in [0, 0.1) is 4.77 Å². The Morgan fingerprint density at radius 2 is 1.67 bits per heavy atom. The highest BCUT2D eigenvalue weighted by Crippen LogP contribution is 2.21. The van der Waals surface area contributed by atoms with Crippen LogP contribution in [0.1, 0.15) is 26.5 Å². The Kier molecular flexibility index (Phi) is 6.52. The first-order valence-electron chi connectivity index (χ1n) is 9.66. The number of hydrogen-bond acceptors (Lipinski definition) is 5. The van der Waals surface area contributed by atoms with Crippen LogP contribution in [-0.2, 0) is 26.6 Å². The van der Waals surface area contributed by atoms with Crippen molar-refractivity contribution in [1.82, 2.24) is 18.5 Å². The summed E-state index contributed by atoms with van der Waals surface area (Å²) in [6.45, 7) is 6.72. The first-order valence-corrected chi connectivity index (χ1v) is 10.4. The van der Waals surface area contributed by atoms with Crippen LogP contribution in [0.4, 0.5) is 11.4 Å². The summed E-state index contributed by atoms with van der Waals surface area (Å²) in [7, 11) is 1.79. The van der Waals surface area contributed by atoms with Crippen LogP contribution in [0.15, 0.2) is 50.3 Å². The van der Waals surface area contributed by atoms with E-state index < -0.39 is 0 Å². The molecule has 2 aromatic heterocycles. The molecule has 0 radical (unpaired) electrons. The number of benzene rings is 1. The fourth-order valence-electron chi connectivity index (χ4n) is 3.32. The summed E-state index contributed by atoms with van der Waals surface area (Å²) in [6, 6.07) is 6.96. The van der Waals surface area contributed by atoms with Gasteiger partial charge in [0.2, 0.25) is 0 Å². The van der Waals surface area contributed by atoms with Crippen LogP contribution in [0.2, 0.25) is 5.02 Å². The van der Waals surface area contributed by atoms with E-state index in [0.29, 0.717) is 40.7 Å². The van der Waals surface area contributed by atoms with Crippen molar-refractivity contribution in [3.05, 3.63) is 66.7 Å². The molecule has 0 spiro atoms. The number of nitrogens with zero attached hydrogens (tertiary/aromatic N) is 6. The Hall–Kier alpha value is -2.78. The zero-order chi connectivity index (χ0) is 22.0. The molecule has 0 aliphatic rings. The highest BCUT2D eigenvalue weighted by molar-refractivity contribution is 7.71. The first-order chi connectivity index (χ1) is 14.3. The second kappa shape index (κ2) is 8.93. The second-order valence-corrected chi connectivity index (χ2v) is 7.40. The Morgan fingerprint density at radius 3 is 2.23 bits per heavy atom. The molecule has 2 heterocycles. The number of halogens is 1. The van der Waals surface area contributed by atoms with Gasteiger partial charge in [0, 0.05) is 31.4 Å². The highest BCUT2D eigenvalue weighted by Gasteiger charge is 2.18. The van der Waals surface area contributed by atoms with Gasteiger partial charge in [-0.3, -0.25) is 18.8 Å². The third-order valence-electron chi connectivity index (χ3n) is 4.90. The number of azo groups is 1. The van der Waals surface area contributed by atoms with E-state index in [1.165, 1.54) is 9.25 Å². The lowest BCUT2D eigenvalue weighted by Crippen LogP contribution is -2.23. The van der Waals surface area contributed by atoms with Gasteiger partial charge in [0.15, 0.2) is 16.1 Å². The standard InChI is InChI=1S/C20H23ClN6O2S/c1-5-16-17(19(29)27(24(16)4)14-10-8-13(21)9-11-14)23-22-15-12-25(6-2)20(30)26(7-3)18(15)28/h8-12H,5-7H2,1-4H3. The quantitative estimate of drug-likeness (QED) is 0.412. The van der Waals surface area contributed by atoms with Crippen molar-refractivity contribution < 1.29 is 0 Å². The van der Waals surface area contributed by atoms with Crippen molar-refractivity contribution in [2.45, 2.75) is 40.3 Å². The average Bonchev–Trinajstić information content (AvgIpc) is 2.97. The molecule has 158 valence electrons. The van der Waals surface area contributed by atoms with Crippen molar-refractivity contribution in [3.63, 3.8) is 0 Å². The van der Waals surface area contributed by atoms with Gasteiger partial charge >= 0.3 is 0 Å². The number of aryl methyl sites for hydroxylation is 1. The average molecular weight is 447 g/mol. The molecule has 10 heteroatoms. The topological polar surface area (TPSA) is 78.6 Å².